The number of hydrogen-bond acceptors (Lipinski definition) is 2. The monoisotopic (exact) mass is 319 g/mol. The van der Waals surface area contributed by atoms with Crippen LogP contribution in [-0.4, -0.2) is 8.42 Å². The predicted molar refractivity (Wildman–Crippen MR) is 50.4 cm³/mol. The second kappa shape index (κ2) is 3.46. The maximum Gasteiger partial charge on any atom is 0.243 e. The average Bonchev–Trinajstić information content (AvgIpc) is 1.78. The quantitative estimate of drug-likeness (QED) is 0.791. The van der Waals surface area contributed by atoms with Crippen molar-refractivity contribution >= 4 is 32.6 Å². The Morgan fingerprint density at radius 3 is 1.92 bits per heavy atom. The zero-order valence-corrected chi connectivity index (χ0v) is 9.06. The van der Waals surface area contributed by atoms with Crippen molar-refractivity contribution in [3.05, 3.63) is 27.3 Å². The molecule has 0 aliphatic heterocycles. The van der Waals surface area contributed by atoms with E-state index < -0.39 is 26.6 Å². The number of rotatable bonds is 1. The maximum atomic E-state index is 12.9. The first-order chi connectivity index (χ1) is 5.82. The first-order valence-electron chi connectivity index (χ1n) is 2.99. The molecule has 0 radical (unpaired) electrons. The highest BCUT2D eigenvalue weighted by Gasteiger charge is 2.20. The fourth-order valence-electron chi connectivity index (χ4n) is 0.801. The number of hydrogen-bond donors (Lipinski definition) is 1. The van der Waals surface area contributed by atoms with E-state index in [1.807, 2.05) is 0 Å². The second-order valence-corrected chi connectivity index (χ2v) is 4.99. The minimum absolute atomic E-state index is 0.264. The van der Waals surface area contributed by atoms with E-state index in [1.165, 1.54) is 0 Å². The molecule has 0 atom stereocenters. The summed E-state index contributed by atoms with van der Waals surface area (Å²) in [6.45, 7) is 0. The fraction of sp³-hybridized carbons (Fsp3) is 0. The van der Waals surface area contributed by atoms with Crippen molar-refractivity contribution in [2.75, 3.05) is 0 Å². The molecule has 3 nitrogen and oxygen atoms in total. The highest BCUT2D eigenvalue weighted by Crippen LogP contribution is 2.19. The predicted octanol–water partition coefficient (Wildman–Crippen LogP) is 1.22. The second-order valence-electron chi connectivity index (χ2n) is 2.24. The molecule has 0 saturated heterocycles. The molecule has 0 aromatic heterocycles. The number of halogens is 3. The van der Waals surface area contributed by atoms with Gasteiger partial charge in [-0.15, -0.1) is 0 Å². The van der Waals surface area contributed by atoms with Gasteiger partial charge in [0.15, 0.2) is 4.90 Å². The summed E-state index contributed by atoms with van der Waals surface area (Å²) in [6.07, 6.45) is 0. The molecular formula is C6H4F2INO2S. The van der Waals surface area contributed by atoms with Crippen molar-refractivity contribution in [1.29, 1.82) is 0 Å². The number of nitrogens with two attached hydrogens (primary N) is 1. The van der Waals surface area contributed by atoms with Gasteiger partial charge in [0, 0.05) is 3.57 Å². The maximum absolute atomic E-state index is 12.9. The summed E-state index contributed by atoms with van der Waals surface area (Å²) in [6, 6.07) is 1.78. The van der Waals surface area contributed by atoms with E-state index in [2.05, 4.69) is 5.14 Å². The molecule has 0 fully saturated rings. The molecule has 0 aliphatic rings. The van der Waals surface area contributed by atoms with E-state index >= 15 is 0 Å². The van der Waals surface area contributed by atoms with Gasteiger partial charge >= 0.3 is 0 Å². The molecule has 13 heavy (non-hydrogen) atoms. The molecule has 0 spiro atoms. The topological polar surface area (TPSA) is 60.2 Å². The summed E-state index contributed by atoms with van der Waals surface area (Å²) in [5, 5.41) is 4.60. The summed E-state index contributed by atoms with van der Waals surface area (Å²) < 4.78 is 47.4. The van der Waals surface area contributed by atoms with Gasteiger partial charge in [0.2, 0.25) is 10.0 Å². The third kappa shape index (κ3) is 2.35. The van der Waals surface area contributed by atoms with Crippen molar-refractivity contribution in [2.24, 2.45) is 5.14 Å². The Kier molecular flexibility index (Phi) is 2.88. The SMILES string of the molecule is NS(=O)(=O)c1c(F)cc(I)cc1F. The number of sulfonamides is 1. The van der Waals surface area contributed by atoms with Crippen molar-refractivity contribution in [1.82, 2.24) is 0 Å². The third-order valence-corrected chi connectivity index (χ3v) is 2.83. The van der Waals surface area contributed by atoms with Gasteiger partial charge in [-0.3, -0.25) is 0 Å². The van der Waals surface area contributed by atoms with E-state index in [0.29, 0.717) is 0 Å². The van der Waals surface area contributed by atoms with Crippen LogP contribution in [0.1, 0.15) is 0 Å². The van der Waals surface area contributed by atoms with Crippen LogP contribution >= 0.6 is 22.6 Å². The molecule has 72 valence electrons. The van der Waals surface area contributed by atoms with Crippen LogP contribution in [0, 0.1) is 15.2 Å². The molecule has 2 N–H and O–H groups in total. The molecule has 1 rings (SSSR count). The number of primary sulfonamides is 1. The van der Waals surface area contributed by atoms with Gasteiger partial charge in [-0.05, 0) is 34.7 Å². The van der Waals surface area contributed by atoms with Crippen LogP contribution in [0.15, 0.2) is 17.0 Å². The van der Waals surface area contributed by atoms with Crippen LogP contribution in [0.5, 0.6) is 0 Å². The van der Waals surface area contributed by atoms with Crippen LogP contribution < -0.4 is 5.14 Å². The first kappa shape index (κ1) is 10.8. The largest absolute Gasteiger partial charge is 0.243 e. The summed E-state index contributed by atoms with van der Waals surface area (Å²) in [5.41, 5.74) is 0. The lowest BCUT2D eigenvalue weighted by molar-refractivity contribution is 0.518. The highest BCUT2D eigenvalue weighted by atomic mass is 127. The van der Waals surface area contributed by atoms with Crippen LogP contribution in [0.4, 0.5) is 8.78 Å². The van der Waals surface area contributed by atoms with Gasteiger partial charge < -0.3 is 0 Å². The van der Waals surface area contributed by atoms with Gasteiger partial charge in [0.1, 0.15) is 11.6 Å². The fourth-order valence-corrected chi connectivity index (χ4v) is 2.01. The molecule has 7 heteroatoms. The molecule has 1 aromatic carbocycles. The Morgan fingerprint density at radius 1 is 1.23 bits per heavy atom. The Balaban J connectivity index is 3.57. The standard InChI is InChI=1S/C6H4F2INO2S/c7-4-1-3(9)2-5(8)6(4)13(10,11)12/h1-2H,(H2,10,11,12). The van der Waals surface area contributed by atoms with Gasteiger partial charge in [-0.25, -0.2) is 22.3 Å². The van der Waals surface area contributed by atoms with E-state index in [0.717, 1.165) is 12.1 Å². The van der Waals surface area contributed by atoms with Gasteiger partial charge in [0.25, 0.3) is 0 Å². The van der Waals surface area contributed by atoms with Crippen LogP contribution in [-0.2, 0) is 10.0 Å². The molecule has 0 amide bonds. The van der Waals surface area contributed by atoms with Crippen molar-refractivity contribution in [3.63, 3.8) is 0 Å². The Morgan fingerprint density at radius 2 is 1.62 bits per heavy atom. The molecule has 0 aliphatic carbocycles. The Bertz CT molecular complexity index is 423. The Hall–Kier alpha value is -0.280. The average molecular weight is 319 g/mol. The van der Waals surface area contributed by atoms with Crippen molar-refractivity contribution < 1.29 is 17.2 Å². The molecule has 0 heterocycles. The van der Waals surface area contributed by atoms with Crippen LogP contribution in [0.2, 0.25) is 0 Å². The van der Waals surface area contributed by atoms with Crippen molar-refractivity contribution in [3.8, 4) is 0 Å². The molecule has 0 unspecified atom stereocenters. The highest BCUT2D eigenvalue weighted by molar-refractivity contribution is 14.1. The Labute approximate surface area is 87.1 Å². The zero-order chi connectivity index (χ0) is 10.2. The first-order valence-corrected chi connectivity index (χ1v) is 5.62. The minimum Gasteiger partial charge on any atom is -0.224 e. The summed E-state index contributed by atoms with van der Waals surface area (Å²) in [4.78, 5) is -1.09. The summed E-state index contributed by atoms with van der Waals surface area (Å²) in [7, 11) is -4.33. The van der Waals surface area contributed by atoms with E-state index in [4.69, 9.17) is 0 Å². The van der Waals surface area contributed by atoms with Gasteiger partial charge in [-0.2, -0.15) is 0 Å². The van der Waals surface area contributed by atoms with E-state index in [9.17, 15) is 17.2 Å². The summed E-state index contributed by atoms with van der Waals surface area (Å²) >= 11 is 1.66. The molecule has 0 saturated carbocycles. The molecular weight excluding hydrogens is 315 g/mol. The van der Waals surface area contributed by atoms with E-state index in [-0.39, 0.29) is 3.57 Å². The third-order valence-electron chi connectivity index (χ3n) is 1.25. The molecule has 1 aromatic rings. The number of benzene rings is 1. The normalized spacial score (nSPS) is 11.7. The zero-order valence-electron chi connectivity index (χ0n) is 6.09. The molecule has 0 bridgehead atoms. The lowest BCUT2D eigenvalue weighted by Crippen LogP contribution is -2.16. The lowest BCUT2D eigenvalue weighted by atomic mass is 10.3. The van der Waals surface area contributed by atoms with Gasteiger partial charge in [-0.1, -0.05) is 0 Å². The summed E-state index contributed by atoms with van der Waals surface area (Å²) in [5.74, 6) is -2.35. The van der Waals surface area contributed by atoms with Crippen LogP contribution in [0.25, 0.3) is 0 Å². The lowest BCUT2D eigenvalue weighted by Gasteiger charge is -2.02. The van der Waals surface area contributed by atoms with Gasteiger partial charge in [0.05, 0.1) is 0 Å². The minimum atomic E-state index is -4.33. The van der Waals surface area contributed by atoms with E-state index in [1.54, 1.807) is 22.6 Å². The smallest absolute Gasteiger partial charge is 0.224 e. The van der Waals surface area contributed by atoms with Crippen molar-refractivity contribution in [2.45, 2.75) is 4.90 Å². The van der Waals surface area contributed by atoms with Crippen LogP contribution in [0.3, 0.4) is 0 Å².